The van der Waals surface area contributed by atoms with Crippen LogP contribution < -0.4 is 10.6 Å². The Morgan fingerprint density at radius 1 is 1.11 bits per heavy atom. The maximum absolute atomic E-state index is 11.7. The molecule has 4 rings (SSSR count). The van der Waals surface area contributed by atoms with Crippen LogP contribution in [0.2, 0.25) is 0 Å². The fraction of sp³-hybridized carbons (Fsp3) is 0.444. The molecular formula is C27H37N5O3. The first-order valence-corrected chi connectivity index (χ1v) is 12.3. The van der Waals surface area contributed by atoms with Gasteiger partial charge >= 0.3 is 0 Å². The summed E-state index contributed by atoms with van der Waals surface area (Å²) in [5.74, 6) is 1.16. The summed E-state index contributed by atoms with van der Waals surface area (Å²) in [6.45, 7) is 9.20. The van der Waals surface area contributed by atoms with Crippen molar-refractivity contribution in [3.8, 4) is 28.6 Å². The minimum Gasteiger partial charge on any atom is -0.508 e. The maximum atomic E-state index is 11.7. The summed E-state index contributed by atoms with van der Waals surface area (Å²) in [5, 5.41) is 35.2. The van der Waals surface area contributed by atoms with Crippen LogP contribution in [0.15, 0.2) is 36.4 Å². The molecule has 0 bridgehead atoms. The Morgan fingerprint density at radius 2 is 1.77 bits per heavy atom. The Bertz CT molecular complexity index is 1100. The summed E-state index contributed by atoms with van der Waals surface area (Å²) in [6, 6.07) is 11.1. The van der Waals surface area contributed by atoms with Crippen molar-refractivity contribution in [1.29, 1.82) is 0 Å². The molecule has 0 radical (unpaired) electrons. The van der Waals surface area contributed by atoms with Crippen LogP contribution in [0.5, 0.6) is 11.5 Å². The molecule has 1 aromatic heterocycles. The van der Waals surface area contributed by atoms with E-state index in [2.05, 4.69) is 39.9 Å². The first-order chi connectivity index (χ1) is 16.9. The topological polar surface area (TPSA) is 112 Å². The predicted octanol–water partition coefficient (Wildman–Crippen LogP) is 4.05. The van der Waals surface area contributed by atoms with E-state index >= 15 is 0 Å². The molecular weight excluding hydrogens is 442 g/mol. The quantitative estimate of drug-likeness (QED) is 0.378. The predicted molar refractivity (Wildman–Crippen MR) is 138 cm³/mol. The third-order valence-electron chi connectivity index (χ3n) is 6.33. The van der Waals surface area contributed by atoms with Gasteiger partial charge in [-0.15, -0.1) is 10.2 Å². The van der Waals surface area contributed by atoms with Gasteiger partial charge in [-0.2, -0.15) is 0 Å². The molecule has 8 nitrogen and oxygen atoms in total. The van der Waals surface area contributed by atoms with Gasteiger partial charge in [-0.3, -0.25) is 9.36 Å². The summed E-state index contributed by atoms with van der Waals surface area (Å²) >= 11 is 0. The number of nitrogens with one attached hydrogen (secondary N) is 2. The monoisotopic (exact) mass is 479 g/mol. The van der Waals surface area contributed by atoms with E-state index in [4.69, 9.17) is 0 Å². The summed E-state index contributed by atoms with van der Waals surface area (Å²) in [7, 11) is 1.93. The Morgan fingerprint density at radius 3 is 2.34 bits per heavy atom. The molecule has 0 unspecified atom stereocenters. The Hall–Kier alpha value is -3.23. The molecule has 1 saturated heterocycles. The molecule has 4 N–H and O–H groups in total. The molecule has 0 spiro atoms. The van der Waals surface area contributed by atoms with Crippen molar-refractivity contribution in [3.63, 3.8) is 0 Å². The number of rotatable bonds is 7. The molecule has 8 heteroatoms. The van der Waals surface area contributed by atoms with Gasteiger partial charge in [-0.1, -0.05) is 32.9 Å². The zero-order chi connectivity index (χ0) is 25.4. The van der Waals surface area contributed by atoms with E-state index in [0.29, 0.717) is 29.2 Å². The van der Waals surface area contributed by atoms with Crippen LogP contribution >= 0.6 is 0 Å². The van der Waals surface area contributed by atoms with E-state index in [9.17, 15) is 15.0 Å². The number of benzene rings is 2. The van der Waals surface area contributed by atoms with E-state index in [1.54, 1.807) is 10.6 Å². The highest BCUT2D eigenvalue weighted by molar-refractivity contribution is 5.76. The number of phenols is 2. The van der Waals surface area contributed by atoms with Crippen LogP contribution in [-0.2, 0) is 6.42 Å². The van der Waals surface area contributed by atoms with Crippen LogP contribution in [0.1, 0.15) is 61.3 Å². The highest BCUT2D eigenvalue weighted by Gasteiger charge is 2.21. The second-order valence-electron chi connectivity index (χ2n) is 9.19. The highest BCUT2D eigenvalue weighted by Crippen LogP contribution is 2.38. The van der Waals surface area contributed by atoms with Gasteiger partial charge in [0.1, 0.15) is 11.5 Å². The molecule has 35 heavy (non-hydrogen) atoms. The zero-order valence-electron chi connectivity index (χ0n) is 21.1. The molecule has 1 fully saturated rings. The number of hydrogen-bond donors (Lipinski definition) is 4. The van der Waals surface area contributed by atoms with Gasteiger partial charge in [-0.05, 0) is 87.1 Å². The van der Waals surface area contributed by atoms with Crippen molar-refractivity contribution in [2.24, 2.45) is 5.92 Å². The second-order valence-corrected chi connectivity index (χ2v) is 9.19. The van der Waals surface area contributed by atoms with E-state index in [1.807, 2.05) is 33.0 Å². The van der Waals surface area contributed by atoms with E-state index in [0.717, 1.165) is 31.7 Å². The smallest absolute Gasteiger partial charge is 0.201 e. The van der Waals surface area contributed by atoms with Gasteiger partial charge in [0.05, 0.1) is 5.56 Å². The zero-order valence-corrected chi connectivity index (χ0v) is 21.1. The summed E-state index contributed by atoms with van der Waals surface area (Å²) < 4.78 is 1.64. The van der Waals surface area contributed by atoms with E-state index in [1.165, 1.54) is 24.5 Å². The van der Waals surface area contributed by atoms with Crippen molar-refractivity contribution in [2.45, 2.75) is 46.0 Å². The molecule has 3 aromatic rings. The normalized spacial score (nSPS) is 14.0. The number of aldehydes is 1. The number of phenolic OH excluding ortho intramolecular Hbond substituents is 2. The lowest BCUT2D eigenvalue weighted by Gasteiger charge is -2.22. The molecule has 0 saturated carbocycles. The van der Waals surface area contributed by atoms with Gasteiger partial charge in [0, 0.05) is 11.8 Å². The summed E-state index contributed by atoms with van der Waals surface area (Å²) in [6.07, 6.45) is 4.06. The molecule has 1 aliphatic rings. The molecule has 0 aliphatic carbocycles. The lowest BCUT2D eigenvalue weighted by Crippen LogP contribution is -2.28. The fourth-order valence-corrected chi connectivity index (χ4v) is 4.24. The van der Waals surface area contributed by atoms with Gasteiger partial charge < -0.3 is 20.8 Å². The second kappa shape index (κ2) is 12.5. The SMILES string of the molecule is CC(C)c1cc(-c2nnc(C=O)n2-c2ccc(CC3CCNCC3)cc2)c(O)cc1O.CCNC. The average molecular weight is 480 g/mol. The summed E-state index contributed by atoms with van der Waals surface area (Å²) in [5.41, 5.74) is 3.11. The minimum atomic E-state index is -0.115. The summed E-state index contributed by atoms with van der Waals surface area (Å²) in [4.78, 5) is 11.7. The minimum absolute atomic E-state index is 0.0280. The highest BCUT2D eigenvalue weighted by atomic mass is 16.3. The number of carbonyl (C=O) groups is 1. The van der Waals surface area contributed by atoms with Crippen molar-refractivity contribution in [3.05, 3.63) is 53.3 Å². The number of nitrogens with zero attached hydrogens (tertiary/aromatic N) is 3. The largest absolute Gasteiger partial charge is 0.508 e. The van der Waals surface area contributed by atoms with E-state index in [-0.39, 0.29) is 23.2 Å². The van der Waals surface area contributed by atoms with Gasteiger partial charge in [-0.25, -0.2) is 0 Å². The van der Waals surface area contributed by atoms with Crippen LogP contribution in [0.25, 0.3) is 17.1 Å². The van der Waals surface area contributed by atoms with Crippen molar-refractivity contribution in [2.75, 3.05) is 26.7 Å². The van der Waals surface area contributed by atoms with Gasteiger partial charge in [0.25, 0.3) is 0 Å². The van der Waals surface area contributed by atoms with E-state index < -0.39 is 0 Å². The standard InChI is InChI=1S/C24H28N4O3.C3H9N/c1-15(2)19-12-20(22(31)13-21(19)30)24-27-26-23(14-29)28(24)18-5-3-16(4-6-18)11-17-7-9-25-10-8-17;1-3-4-2/h3-6,12-15,17,25,30-31H,7-11H2,1-2H3;4H,3H2,1-2H3. The average Bonchev–Trinajstić information content (AvgIpc) is 3.29. The molecule has 1 aliphatic heterocycles. The Balaban J connectivity index is 0.000000795. The third-order valence-corrected chi connectivity index (χ3v) is 6.33. The lowest BCUT2D eigenvalue weighted by atomic mass is 9.91. The molecule has 2 heterocycles. The van der Waals surface area contributed by atoms with Crippen molar-refractivity contribution in [1.82, 2.24) is 25.4 Å². The molecule has 188 valence electrons. The molecule has 0 amide bonds. The third kappa shape index (κ3) is 6.46. The van der Waals surface area contributed by atoms with Crippen molar-refractivity contribution < 1.29 is 15.0 Å². The number of hydrogen-bond acceptors (Lipinski definition) is 7. The lowest BCUT2D eigenvalue weighted by molar-refractivity contribution is 0.111. The van der Waals surface area contributed by atoms with Crippen LogP contribution in [0.4, 0.5) is 0 Å². The van der Waals surface area contributed by atoms with Gasteiger partial charge in [0.2, 0.25) is 5.82 Å². The number of piperidine rings is 1. The molecule has 2 aromatic carbocycles. The number of aromatic hydroxyl groups is 2. The van der Waals surface area contributed by atoms with Crippen LogP contribution in [0, 0.1) is 5.92 Å². The van der Waals surface area contributed by atoms with Crippen LogP contribution in [0.3, 0.4) is 0 Å². The first kappa shape index (κ1) is 26.4. The van der Waals surface area contributed by atoms with Gasteiger partial charge in [0.15, 0.2) is 12.1 Å². The maximum Gasteiger partial charge on any atom is 0.201 e. The fourth-order valence-electron chi connectivity index (χ4n) is 4.24. The van der Waals surface area contributed by atoms with Crippen molar-refractivity contribution >= 4 is 6.29 Å². The number of carbonyl (C=O) groups excluding carboxylic acids is 1. The molecule has 0 atom stereocenters. The van der Waals surface area contributed by atoms with Crippen LogP contribution in [-0.4, -0.2) is 57.9 Å². The Labute approximate surface area is 207 Å². The Kier molecular flexibility index (Phi) is 9.39. The first-order valence-electron chi connectivity index (χ1n) is 12.3. The number of aromatic nitrogens is 3.